The van der Waals surface area contributed by atoms with E-state index >= 15 is 0 Å². The van der Waals surface area contributed by atoms with Crippen molar-refractivity contribution in [1.29, 1.82) is 0 Å². The van der Waals surface area contributed by atoms with E-state index in [1.54, 1.807) is 11.8 Å². The molecular formula is C19H26N2O3S. The highest BCUT2D eigenvalue weighted by atomic mass is 32.2. The smallest absolute Gasteiger partial charge is 0.255 e. The van der Waals surface area contributed by atoms with Gasteiger partial charge in [0.05, 0.1) is 24.3 Å². The highest BCUT2D eigenvalue weighted by molar-refractivity contribution is 7.98. The second-order valence-corrected chi connectivity index (χ2v) is 7.54. The standard InChI is InChI=1S/C19H26N2O3S/c1-3-17(22)20-10-8-19(9-11-20)14-21(12-13-24-19)18(23)15-6-4-5-7-16(15)25-2/h4-7H,3,8-14H2,1-2H3. The molecule has 0 saturated carbocycles. The third-order valence-electron chi connectivity index (χ3n) is 5.20. The molecule has 2 aliphatic rings. The van der Waals surface area contributed by atoms with Crippen LogP contribution in [0, 0.1) is 0 Å². The summed E-state index contributed by atoms with van der Waals surface area (Å²) in [4.78, 5) is 29.8. The molecule has 2 heterocycles. The SMILES string of the molecule is CCC(=O)N1CCC2(CC1)CN(C(=O)c1ccccc1SC)CCO2. The zero-order valence-corrected chi connectivity index (χ0v) is 15.8. The van der Waals surface area contributed by atoms with Crippen LogP contribution in [-0.2, 0) is 9.53 Å². The van der Waals surface area contributed by atoms with Crippen molar-refractivity contribution in [3.05, 3.63) is 29.8 Å². The molecule has 3 rings (SSSR count). The molecule has 136 valence electrons. The van der Waals surface area contributed by atoms with E-state index in [9.17, 15) is 9.59 Å². The van der Waals surface area contributed by atoms with E-state index in [2.05, 4.69) is 0 Å². The van der Waals surface area contributed by atoms with Gasteiger partial charge in [0.15, 0.2) is 0 Å². The van der Waals surface area contributed by atoms with Crippen LogP contribution in [0.25, 0.3) is 0 Å². The van der Waals surface area contributed by atoms with Gasteiger partial charge >= 0.3 is 0 Å². The zero-order valence-electron chi connectivity index (χ0n) is 15.0. The summed E-state index contributed by atoms with van der Waals surface area (Å²) >= 11 is 1.60. The fourth-order valence-corrected chi connectivity index (χ4v) is 4.29. The summed E-state index contributed by atoms with van der Waals surface area (Å²) in [6, 6.07) is 7.77. The highest BCUT2D eigenvalue weighted by Gasteiger charge is 2.41. The lowest BCUT2D eigenvalue weighted by Gasteiger charge is -2.47. The van der Waals surface area contributed by atoms with E-state index in [0.29, 0.717) is 26.1 Å². The number of benzene rings is 1. The first kappa shape index (κ1) is 18.3. The molecule has 1 spiro atoms. The monoisotopic (exact) mass is 362 g/mol. The van der Waals surface area contributed by atoms with Crippen LogP contribution in [0.3, 0.4) is 0 Å². The van der Waals surface area contributed by atoms with E-state index in [1.165, 1.54) is 0 Å². The molecule has 2 aliphatic heterocycles. The Morgan fingerprint density at radius 3 is 2.56 bits per heavy atom. The molecule has 0 N–H and O–H groups in total. The fourth-order valence-electron chi connectivity index (χ4n) is 3.70. The molecule has 0 aromatic heterocycles. The molecule has 0 radical (unpaired) electrons. The first-order valence-corrected chi connectivity index (χ1v) is 10.1. The van der Waals surface area contributed by atoms with Crippen LogP contribution in [-0.4, -0.2) is 66.3 Å². The maximum absolute atomic E-state index is 13.0. The summed E-state index contributed by atoms with van der Waals surface area (Å²) in [6.07, 6.45) is 4.14. The van der Waals surface area contributed by atoms with Crippen molar-refractivity contribution in [2.24, 2.45) is 0 Å². The summed E-state index contributed by atoms with van der Waals surface area (Å²) in [7, 11) is 0. The lowest BCUT2D eigenvalue weighted by Crippen LogP contribution is -2.58. The van der Waals surface area contributed by atoms with Gasteiger partial charge in [-0.05, 0) is 31.2 Å². The molecule has 0 unspecified atom stereocenters. The Labute approximate surface area is 153 Å². The summed E-state index contributed by atoms with van der Waals surface area (Å²) in [5, 5.41) is 0. The van der Waals surface area contributed by atoms with E-state index in [4.69, 9.17) is 4.74 Å². The van der Waals surface area contributed by atoms with Gasteiger partial charge in [0.1, 0.15) is 0 Å². The number of carbonyl (C=O) groups excluding carboxylic acids is 2. The predicted octanol–water partition coefficient (Wildman–Crippen LogP) is 2.65. The maximum Gasteiger partial charge on any atom is 0.255 e. The van der Waals surface area contributed by atoms with Gasteiger partial charge in [0, 0.05) is 31.0 Å². The average Bonchev–Trinajstić information content (AvgIpc) is 2.67. The van der Waals surface area contributed by atoms with Crippen LogP contribution < -0.4 is 0 Å². The minimum atomic E-state index is -0.299. The van der Waals surface area contributed by atoms with Crippen molar-refractivity contribution in [2.75, 3.05) is 39.0 Å². The number of nitrogens with zero attached hydrogens (tertiary/aromatic N) is 2. The van der Waals surface area contributed by atoms with Gasteiger partial charge in [-0.15, -0.1) is 11.8 Å². The van der Waals surface area contributed by atoms with Gasteiger partial charge < -0.3 is 14.5 Å². The molecule has 2 saturated heterocycles. The fraction of sp³-hybridized carbons (Fsp3) is 0.579. The van der Waals surface area contributed by atoms with E-state index in [1.807, 2.05) is 47.2 Å². The van der Waals surface area contributed by atoms with Gasteiger partial charge in [0.25, 0.3) is 5.91 Å². The molecule has 6 heteroatoms. The van der Waals surface area contributed by atoms with Crippen molar-refractivity contribution >= 4 is 23.6 Å². The number of carbonyl (C=O) groups is 2. The molecule has 1 aromatic carbocycles. The number of piperidine rings is 1. The third-order valence-corrected chi connectivity index (χ3v) is 6.00. The number of thioether (sulfide) groups is 1. The molecule has 2 amide bonds. The summed E-state index contributed by atoms with van der Waals surface area (Å²) in [6.45, 7) is 5.14. The number of rotatable bonds is 3. The normalized spacial score (nSPS) is 19.9. The lowest BCUT2D eigenvalue weighted by molar-refractivity contribution is -0.146. The second kappa shape index (κ2) is 7.79. The minimum absolute atomic E-state index is 0.0830. The topological polar surface area (TPSA) is 49.9 Å². The first-order chi connectivity index (χ1) is 12.1. The van der Waals surface area contributed by atoms with Crippen molar-refractivity contribution in [1.82, 2.24) is 9.80 Å². The number of hydrogen-bond donors (Lipinski definition) is 0. The summed E-state index contributed by atoms with van der Waals surface area (Å²) in [5.74, 6) is 0.284. The van der Waals surface area contributed by atoms with Gasteiger partial charge in [-0.2, -0.15) is 0 Å². The van der Waals surface area contributed by atoms with E-state index in [-0.39, 0.29) is 17.4 Å². The minimum Gasteiger partial charge on any atom is -0.371 e. The van der Waals surface area contributed by atoms with Gasteiger partial charge in [-0.3, -0.25) is 9.59 Å². The van der Waals surface area contributed by atoms with Crippen LogP contribution in [0.1, 0.15) is 36.5 Å². The number of amides is 2. The molecule has 0 aliphatic carbocycles. The molecule has 2 fully saturated rings. The summed E-state index contributed by atoms with van der Waals surface area (Å²) < 4.78 is 6.10. The molecule has 0 atom stereocenters. The highest BCUT2D eigenvalue weighted by Crippen LogP contribution is 2.32. The Kier molecular flexibility index (Phi) is 5.69. The van der Waals surface area contributed by atoms with Crippen LogP contribution in [0.5, 0.6) is 0 Å². The van der Waals surface area contributed by atoms with Crippen molar-refractivity contribution in [2.45, 2.75) is 36.7 Å². The average molecular weight is 362 g/mol. The molecule has 25 heavy (non-hydrogen) atoms. The predicted molar refractivity (Wildman–Crippen MR) is 98.9 cm³/mol. The molecule has 5 nitrogen and oxygen atoms in total. The third kappa shape index (κ3) is 3.85. The number of hydrogen-bond acceptors (Lipinski definition) is 4. The van der Waals surface area contributed by atoms with Crippen molar-refractivity contribution in [3.8, 4) is 0 Å². The number of morpholine rings is 1. The quantitative estimate of drug-likeness (QED) is 0.776. The first-order valence-electron chi connectivity index (χ1n) is 8.92. The van der Waals surface area contributed by atoms with Crippen LogP contribution >= 0.6 is 11.8 Å². The Hall–Kier alpha value is -1.53. The lowest BCUT2D eigenvalue weighted by atomic mass is 9.89. The Morgan fingerprint density at radius 1 is 1.16 bits per heavy atom. The molecule has 0 bridgehead atoms. The van der Waals surface area contributed by atoms with Crippen molar-refractivity contribution < 1.29 is 14.3 Å². The molecular weight excluding hydrogens is 336 g/mol. The van der Waals surface area contributed by atoms with Crippen LogP contribution in [0.4, 0.5) is 0 Å². The second-order valence-electron chi connectivity index (χ2n) is 6.69. The van der Waals surface area contributed by atoms with E-state index < -0.39 is 0 Å². The maximum atomic E-state index is 13.0. The Balaban J connectivity index is 1.69. The summed E-state index contributed by atoms with van der Waals surface area (Å²) in [5.41, 5.74) is 0.470. The van der Waals surface area contributed by atoms with Gasteiger partial charge in [0.2, 0.25) is 5.91 Å². The number of likely N-dealkylation sites (tertiary alicyclic amines) is 1. The largest absolute Gasteiger partial charge is 0.371 e. The Bertz CT molecular complexity index is 641. The van der Waals surface area contributed by atoms with Gasteiger partial charge in [-0.25, -0.2) is 0 Å². The van der Waals surface area contributed by atoms with E-state index in [0.717, 1.165) is 36.4 Å². The van der Waals surface area contributed by atoms with Crippen LogP contribution in [0.2, 0.25) is 0 Å². The Morgan fingerprint density at radius 2 is 1.88 bits per heavy atom. The zero-order chi connectivity index (χ0) is 17.9. The number of ether oxygens (including phenoxy) is 1. The van der Waals surface area contributed by atoms with Crippen LogP contribution in [0.15, 0.2) is 29.2 Å². The van der Waals surface area contributed by atoms with Crippen molar-refractivity contribution in [3.63, 3.8) is 0 Å². The van der Waals surface area contributed by atoms with Gasteiger partial charge in [-0.1, -0.05) is 19.1 Å². The molecule has 1 aromatic rings.